The van der Waals surface area contributed by atoms with Gasteiger partial charge in [0.2, 0.25) is 0 Å². The number of hydrogen-bond acceptors (Lipinski definition) is 3. The molecule has 0 aliphatic carbocycles. The molecule has 0 heterocycles. The standard InChI is InChI=1S/C26H22ClNO3/c1-17-20(26(29)30)10-6-12-24(17)28-15-22-21-9-4-2-7-18(21)13-14-25(22)31-16-19-8-3-5-11-23(19)27/h2-14,28H,15-16H2,1H3,(H,29,30). The second kappa shape index (κ2) is 9.11. The molecule has 0 radical (unpaired) electrons. The van der Waals surface area contributed by atoms with E-state index in [0.717, 1.165) is 33.3 Å². The highest BCUT2D eigenvalue weighted by molar-refractivity contribution is 6.31. The third-order valence-electron chi connectivity index (χ3n) is 5.36. The fourth-order valence-electron chi connectivity index (χ4n) is 3.65. The van der Waals surface area contributed by atoms with E-state index < -0.39 is 5.97 Å². The average molecular weight is 432 g/mol. The maximum absolute atomic E-state index is 11.5. The lowest BCUT2D eigenvalue weighted by Crippen LogP contribution is -2.08. The molecule has 0 aliphatic heterocycles. The molecule has 0 aromatic heterocycles. The van der Waals surface area contributed by atoms with Crippen molar-refractivity contribution >= 4 is 34.0 Å². The summed E-state index contributed by atoms with van der Waals surface area (Å²) in [5.74, 6) is -0.173. The Morgan fingerprint density at radius 1 is 0.968 bits per heavy atom. The largest absolute Gasteiger partial charge is 0.488 e. The Bertz CT molecular complexity index is 1250. The minimum absolute atomic E-state index is 0.290. The van der Waals surface area contributed by atoms with E-state index in [1.807, 2.05) is 61.5 Å². The van der Waals surface area contributed by atoms with E-state index >= 15 is 0 Å². The van der Waals surface area contributed by atoms with Crippen molar-refractivity contribution in [1.82, 2.24) is 0 Å². The Balaban J connectivity index is 1.65. The van der Waals surface area contributed by atoms with Gasteiger partial charge in [-0.1, -0.05) is 66.2 Å². The molecule has 0 bridgehead atoms. The smallest absolute Gasteiger partial charge is 0.336 e. The van der Waals surface area contributed by atoms with E-state index in [9.17, 15) is 9.90 Å². The van der Waals surface area contributed by atoms with Gasteiger partial charge in [0.15, 0.2) is 0 Å². The van der Waals surface area contributed by atoms with Gasteiger partial charge in [-0.3, -0.25) is 0 Å². The highest BCUT2D eigenvalue weighted by Gasteiger charge is 2.13. The Kier molecular flexibility index (Phi) is 6.10. The van der Waals surface area contributed by atoms with Crippen LogP contribution in [0.15, 0.2) is 78.9 Å². The molecule has 2 N–H and O–H groups in total. The molecule has 0 unspecified atom stereocenters. The Hall–Kier alpha value is -3.50. The van der Waals surface area contributed by atoms with Gasteiger partial charge in [-0.25, -0.2) is 4.79 Å². The number of carboxylic acids is 1. The molecular weight excluding hydrogens is 410 g/mol. The van der Waals surface area contributed by atoms with Crippen molar-refractivity contribution in [3.8, 4) is 5.75 Å². The fourth-order valence-corrected chi connectivity index (χ4v) is 3.84. The van der Waals surface area contributed by atoms with Gasteiger partial charge < -0.3 is 15.2 Å². The van der Waals surface area contributed by atoms with Crippen LogP contribution in [0.1, 0.15) is 27.0 Å². The number of benzene rings is 4. The molecular formula is C26H22ClNO3. The summed E-state index contributed by atoms with van der Waals surface area (Å²) in [6.07, 6.45) is 0. The third kappa shape index (κ3) is 4.49. The first kappa shape index (κ1) is 20.8. The van der Waals surface area contributed by atoms with Crippen LogP contribution in [-0.2, 0) is 13.2 Å². The van der Waals surface area contributed by atoms with Crippen LogP contribution < -0.4 is 10.1 Å². The highest BCUT2D eigenvalue weighted by atomic mass is 35.5. The predicted molar refractivity (Wildman–Crippen MR) is 125 cm³/mol. The molecule has 0 amide bonds. The number of aromatic carboxylic acids is 1. The van der Waals surface area contributed by atoms with Gasteiger partial charge in [0.25, 0.3) is 0 Å². The first-order chi connectivity index (χ1) is 15.0. The van der Waals surface area contributed by atoms with Crippen molar-refractivity contribution in [1.29, 1.82) is 0 Å². The van der Waals surface area contributed by atoms with E-state index in [4.69, 9.17) is 16.3 Å². The number of halogens is 1. The molecule has 156 valence electrons. The van der Waals surface area contributed by atoms with Crippen LogP contribution in [0.3, 0.4) is 0 Å². The molecule has 0 spiro atoms. The summed E-state index contributed by atoms with van der Waals surface area (Å²) >= 11 is 6.28. The van der Waals surface area contributed by atoms with E-state index in [1.165, 1.54) is 0 Å². The highest BCUT2D eigenvalue weighted by Crippen LogP contribution is 2.31. The average Bonchev–Trinajstić information content (AvgIpc) is 2.78. The molecule has 4 nitrogen and oxygen atoms in total. The summed E-state index contributed by atoms with van der Waals surface area (Å²) in [5, 5.41) is 15.7. The topological polar surface area (TPSA) is 58.6 Å². The van der Waals surface area contributed by atoms with Crippen molar-refractivity contribution in [2.45, 2.75) is 20.1 Å². The van der Waals surface area contributed by atoms with E-state index in [0.29, 0.717) is 23.7 Å². The summed E-state index contributed by atoms with van der Waals surface area (Å²) in [7, 11) is 0. The zero-order valence-corrected chi connectivity index (χ0v) is 17.8. The normalized spacial score (nSPS) is 10.8. The lowest BCUT2D eigenvalue weighted by Gasteiger charge is -2.17. The first-order valence-corrected chi connectivity index (χ1v) is 10.4. The van der Waals surface area contributed by atoms with Crippen molar-refractivity contribution in [3.05, 3.63) is 106 Å². The van der Waals surface area contributed by atoms with Crippen molar-refractivity contribution in [2.75, 3.05) is 5.32 Å². The molecule has 4 aromatic carbocycles. The maximum atomic E-state index is 11.5. The van der Waals surface area contributed by atoms with Crippen LogP contribution in [0.25, 0.3) is 10.8 Å². The Morgan fingerprint density at radius 3 is 2.55 bits per heavy atom. The van der Waals surface area contributed by atoms with Gasteiger partial charge in [-0.15, -0.1) is 0 Å². The summed E-state index contributed by atoms with van der Waals surface area (Å²) in [5.41, 5.74) is 3.70. The molecule has 0 atom stereocenters. The number of carbonyl (C=O) groups is 1. The van der Waals surface area contributed by atoms with Gasteiger partial charge in [0.05, 0.1) is 5.56 Å². The predicted octanol–water partition coefficient (Wildman–Crippen LogP) is 6.69. The molecule has 4 rings (SSSR count). The van der Waals surface area contributed by atoms with Gasteiger partial charge >= 0.3 is 5.97 Å². The van der Waals surface area contributed by atoms with E-state index in [2.05, 4.69) is 17.4 Å². The quantitative estimate of drug-likeness (QED) is 0.342. The van der Waals surface area contributed by atoms with E-state index in [-0.39, 0.29) is 5.56 Å². The number of fused-ring (bicyclic) bond motifs is 1. The van der Waals surface area contributed by atoms with Crippen LogP contribution in [0.5, 0.6) is 5.75 Å². The Labute approximate surface area is 186 Å². The lowest BCUT2D eigenvalue weighted by atomic mass is 10.0. The summed E-state index contributed by atoms with van der Waals surface area (Å²) in [6, 6.07) is 25.0. The minimum Gasteiger partial charge on any atom is -0.488 e. The van der Waals surface area contributed by atoms with Crippen molar-refractivity contribution in [2.24, 2.45) is 0 Å². The molecule has 31 heavy (non-hydrogen) atoms. The zero-order chi connectivity index (χ0) is 21.8. The number of ether oxygens (including phenoxy) is 1. The van der Waals surface area contributed by atoms with Gasteiger partial charge in [-0.05, 0) is 47.5 Å². The van der Waals surface area contributed by atoms with Gasteiger partial charge in [0, 0.05) is 28.4 Å². The van der Waals surface area contributed by atoms with Crippen LogP contribution in [0.2, 0.25) is 5.02 Å². The first-order valence-electron chi connectivity index (χ1n) is 9.98. The molecule has 0 fully saturated rings. The number of rotatable bonds is 7. The monoisotopic (exact) mass is 431 g/mol. The van der Waals surface area contributed by atoms with Crippen molar-refractivity contribution < 1.29 is 14.6 Å². The van der Waals surface area contributed by atoms with Crippen molar-refractivity contribution in [3.63, 3.8) is 0 Å². The van der Waals surface area contributed by atoms with Crippen LogP contribution in [0, 0.1) is 6.92 Å². The SMILES string of the molecule is Cc1c(NCc2c(OCc3ccccc3Cl)ccc3ccccc23)cccc1C(=O)O. The maximum Gasteiger partial charge on any atom is 0.336 e. The molecule has 5 heteroatoms. The summed E-state index contributed by atoms with van der Waals surface area (Å²) in [6.45, 7) is 2.66. The fraction of sp³-hybridized carbons (Fsp3) is 0.115. The molecule has 4 aromatic rings. The zero-order valence-electron chi connectivity index (χ0n) is 17.1. The number of nitrogens with one attached hydrogen (secondary N) is 1. The molecule has 0 saturated heterocycles. The second-order valence-corrected chi connectivity index (χ2v) is 7.69. The van der Waals surface area contributed by atoms with Gasteiger partial charge in [0.1, 0.15) is 12.4 Å². The molecule has 0 aliphatic rings. The number of hydrogen-bond donors (Lipinski definition) is 2. The Morgan fingerprint density at radius 2 is 1.74 bits per heavy atom. The number of carboxylic acid groups (broad SMARTS) is 1. The molecule has 0 saturated carbocycles. The lowest BCUT2D eigenvalue weighted by molar-refractivity contribution is 0.0696. The third-order valence-corrected chi connectivity index (χ3v) is 5.73. The van der Waals surface area contributed by atoms with Crippen LogP contribution in [-0.4, -0.2) is 11.1 Å². The summed E-state index contributed by atoms with van der Waals surface area (Å²) in [4.78, 5) is 11.5. The van der Waals surface area contributed by atoms with Crippen LogP contribution in [0.4, 0.5) is 5.69 Å². The summed E-state index contributed by atoms with van der Waals surface area (Å²) < 4.78 is 6.17. The number of anilines is 1. The van der Waals surface area contributed by atoms with Gasteiger partial charge in [-0.2, -0.15) is 0 Å². The minimum atomic E-state index is -0.935. The van der Waals surface area contributed by atoms with E-state index in [1.54, 1.807) is 12.1 Å². The van der Waals surface area contributed by atoms with Crippen LogP contribution >= 0.6 is 11.6 Å². The second-order valence-electron chi connectivity index (χ2n) is 7.28.